The van der Waals surface area contributed by atoms with Crippen LogP contribution in [0.4, 0.5) is 4.79 Å². The molecule has 0 radical (unpaired) electrons. The predicted molar refractivity (Wildman–Crippen MR) is 50.2 cm³/mol. The van der Waals surface area contributed by atoms with Gasteiger partial charge in [-0.2, -0.15) is 0 Å². The van der Waals surface area contributed by atoms with Crippen LogP contribution in [0.25, 0.3) is 0 Å². The molecule has 6 heteroatoms. The van der Waals surface area contributed by atoms with Gasteiger partial charge in [-0.05, 0) is 12.8 Å². The van der Waals surface area contributed by atoms with Gasteiger partial charge in [0.25, 0.3) is 0 Å². The van der Waals surface area contributed by atoms with E-state index in [0.717, 1.165) is 12.8 Å². The summed E-state index contributed by atoms with van der Waals surface area (Å²) in [6.07, 6.45) is 1.24. The monoisotopic (exact) mass is 236 g/mol. The summed E-state index contributed by atoms with van der Waals surface area (Å²) in [6, 6.07) is 0. The van der Waals surface area contributed by atoms with Crippen LogP contribution in [-0.2, 0) is 13.8 Å². The van der Waals surface area contributed by atoms with E-state index in [0.29, 0.717) is 0 Å². The molecule has 5 nitrogen and oxygen atoms in total. The lowest BCUT2D eigenvalue weighted by Gasteiger charge is -2.25. The fourth-order valence-corrected chi connectivity index (χ4v) is 2.59. The normalized spacial score (nSPS) is 38.0. The standard InChI is InChI=1S/C9H13ClO5/c10-15-9(12)13-4-6-5(3-11)7-1-2-8(6)14-7/h5-8,11H,1-4H2. The van der Waals surface area contributed by atoms with Gasteiger partial charge in [0.2, 0.25) is 0 Å². The fourth-order valence-electron chi connectivity index (χ4n) is 2.54. The first kappa shape index (κ1) is 11.0. The maximum atomic E-state index is 10.7. The molecule has 4 atom stereocenters. The molecule has 2 fully saturated rings. The van der Waals surface area contributed by atoms with Crippen molar-refractivity contribution in [2.24, 2.45) is 11.8 Å². The van der Waals surface area contributed by atoms with Crippen molar-refractivity contribution in [2.45, 2.75) is 25.0 Å². The van der Waals surface area contributed by atoms with E-state index in [1.54, 1.807) is 0 Å². The Morgan fingerprint density at radius 1 is 1.40 bits per heavy atom. The number of carbonyl (C=O) groups excluding carboxylic acids is 1. The van der Waals surface area contributed by atoms with Gasteiger partial charge in [-0.3, -0.25) is 0 Å². The molecule has 2 aliphatic heterocycles. The van der Waals surface area contributed by atoms with Crippen LogP contribution >= 0.6 is 11.9 Å². The van der Waals surface area contributed by atoms with E-state index in [1.165, 1.54) is 0 Å². The quantitative estimate of drug-likeness (QED) is 0.743. The molecule has 2 aliphatic rings. The zero-order valence-electron chi connectivity index (χ0n) is 8.10. The van der Waals surface area contributed by atoms with Crippen molar-refractivity contribution in [3.8, 4) is 0 Å². The van der Waals surface area contributed by atoms with Crippen LogP contribution in [0.1, 0.15) is 12.8 Å². The van der Waals surface area contributed by atoms with Crippen molar-refractivity contribution in [1.29, 1.82) is 0 Å². The van der Waals surface area contributed by atoms with Crippen molar-refractivity contribution < 1.29 is 23.7 Å². The summed E-state index contributed by atoms with van der Waals surface area (Å²) in [6.45, 7) is 0.253. The third kappa shape index (κ3) is 2.04. The highest BCUT2D eigenvalue weighted by molar-refractivity contribution is 6.12. The van der Waals surface area contributed by atoms with Crippen LogP contribution in [0.2, 0.25) is 0 Å². The summed E-state index contributed by atoms with van der Waals surface area (Å²) in [5.74, 6) is 0.122. The lowest BCUT2D eigenvalue weighted by molar-refractivity contribution is 0.0524. The van der Waals surface area contributed by atoms with E-state index >= 15 is 0 Å². The van der Waals surface area contributed by atoms with Crippen LogP contribution < -0.4 is 0 Å². The second-order valence-corrected chi connectivity index (χ2v) is 4.09. The Labute approximate surface area is 92.4 Å². The highest BCUT2D eigenvalue weighted by Gasteiger charge is 2.48. The second-order valence-electron chi connectivity index (χ2n) is 3.94. The molecule has 0 aromatic carbocycles. The lowest BCUT2D eigenvalue weighted by atomic mass is 9.80. The van der Waals surface area contributed by atoms with Crippen molar-refractivity contribution in [2.75, 3.05) is 13.2 Å². The second kappa shape index (κ2) is 4.55. The molecule has 2 heterocycles. The highest BCUT2D eigenvalue weighted by atomic mass is 35.5. The maximum absolute atomic E-state index is 10.7. The van der Waals surface area contributed by atoms with Crippen LogP contribution in [0, 0.1) is 11.8 Å². The Morgan fingerprint density at radius 3 is 2.67 bits per heavy atom. The lowest BCUT2D eigenvalue weighted by Crippen LogP contribution is -2.33. The molecule has 2 saturated heterocycles. The van der Waals surface area contributed by atoms with E-state index in [9.17, 15) is 9.90 Å². The average Bonchev–Trinajstić information content (AvgIpc) is 2.85. The Balaban J connectivity index is 1.88. The van der Waals surface area contributed by atoms with Gasteiger partial charge in [0.05, 0.1) is 12.2 Å². The number of aliphatic hydroxyl groups is 1. The first-order chi connectivity index (χ1) is 7.26. The van der Waals surface area contributed by atoms with Crippen LogP contribution in [0.3, 0.4) is 0 Å². The molecule has 86 valence electrons. The third-order valence-corrected chi connectivity index (χ3v) is 3.38. The van der Waals surface area contributed by atoms with Crippen LogP contribution in [-0.4, -0.2) is 36.7 Å². The number of rotatable bonds is 3. The fraction of sp³-hybridized carbons (Fsp3) is 0.889. The van der Waals surface area contributed by atoms with E-state index in [-0.39, 0.29) is 37.3 Å². The maximum Gasteiger partial charge on any atom is 0.526 e. The largest absolute Gasteiger partial charge is 0.526 e. The van der Waals surface area contributed by atoms with Gasteiger partial charge in [-0.25, -0.2) is 4.79 Å². The zero-order valence-corrected chi connectivity index (χ0v) is 8.85. The van der Waals surface area contributed by atoms with Gasteiger partial charge < -0.3 is 18.9 Å². The van der Waals surface area contributed by atoms with Crippen LogP contribution in [0.5, 0.6) is 0 Å². The summed E-state index contributed by atoms with van der Waals surface area (Å²) < 4.78 is 14.3. The molecule has 0 amide bonds. The Kier molecular flexibility index (Phi) is 3.33. The zero-order chi connectivity index (χ0) is 10.8. The van der Waals surface area contributed by atoms with Crippen molar-refractivity contribution in [1.82, 2.24) is 0 Å². The first-order valence-electron chi connectivity index (χ1n) is 4.98. The van der Waals surface area contributed by atoms with Crippen molar-refractivity contribution in [3.63, 3.8) is 0 Å². The average molecular weight is 237 g/mol. The SMILES string of the molecule is O=C(OCl)OCC1C2CCC(O2)C1CO. The number of hydrogen-bond donors (Lipinski definition) is 1. The van der Waals surface area contributed by atoms with Gasteiger partial charge in [0, 0.05) is 18.4 Å². The van der Waals surface area contributed by atoms with E-state index < -0.39 is 6.16 Å². The summed E-state index contributed by atoms with van der Waals surface area (Å²) in [4.78, 5) is 10.7. The van der Waals surface area contributed by atoms with Gasteiger partial charge in [-0.15, -0.1) is 0 Å². The minimum Gasteiger partial charge on any atom is -0.433 e. The molecule has 1 N–H and O–H groups in total. The van der Waals surface area contributed by atoms with Gasteiger partial charge >= 0.3 is 6.16 Å². The van der Waals surface area contributed by atoms with Crippen molar-refractivity contribution >= 4 is 18.0 Å². The molecular weight excluding hydrogens is 224 g/mol. The smallest absolute Gasteiger partial charge is 0.433 e. The Morgan fingerprint density at radius 2 is 2.07 bits per heavy atom. The summed E-state index contributed by atoms with van der Waals surface area (Å²) in [7, 11) is 0. The minimum absolute atomic E-state index is 0.0597. The van der Waals surface area contributed by atoms with Gasteiger partial charge in [0.15, 0.2) is 0 Å². The molecular formula is C9H13ClO5. The van der Waals surface area contributed by atoms with Gasteiger partial charge in [0.1, 0.15) is 18.5 Å². The molecule has 2 bridgehead atoms. The van der Waals surface area contributed by atoms with Gasteiger partial charge in [-0.1, -0.05) is 0 Å². The van der Waals surface area contributed by atoms with Crippen molar-refractivity contribution in [3.05, 3.63) is 0 Å². The van der Waals surface area contributed by atoms with Crippen LogP contribution in [0.15, 0.2) is 0 Å². The molecule has 15 heavy (non-hydrogen) atoms. The molecule has 0 aliphatic carbocycles. The number of ether oxygens (including phenoxy) is 2. The summed E-state index contributed by atoms with van der Waals surface area (Å²) in [5.41, 5.74) is 0. The molecule has 0 aromatic rings. The molecule has 0 saturated carbocycles. The third-order valence-electron chi connectivity index (χ3n) is 3.26. The Hall–Kier alpha value is -0.520. The number of fused-ring (bicyclic) bond motifs is 2. The predicted octanol–water partition coefficient (Wildman–Crippen LogP) is 1.08. The molecule has 0 aromatic heterocycles. The van der Waals surface area contributed by atoms with E-state index in [4.69, 9.17) is 21.3 Å². The molecule has 4 unspecified atom stereocenters. The topological polar surface area (TPSA) is 65.0 Å². The molecule has 0 spiro atoms. The number of halogens is 1. The number of carbonyl (C=O) groups is 1. The first-order valence-corrected chi connectivity index (χ1v) is 5.28. The number of hydrogen-bond acceptors (Lipinski definition) is 5. The number of aliphatic hydroxyl groups excluding tert-OH is 1. The molecule has 2 rings (SSSR count). The minimum atomic E-state index is -0.906. The van der Waals surface area contributed by atoms with E-state index in [1.807, 2.05) is 0 Å². The summed E-state index contributed by atoms with van der Waals surface area (Å²) in [5, 5.41) is 9.20. The highest BCUT2D eigenvalue weighted by Crippen LogP contribution is 2.43. The Bertz CT molecular complexity index is 247. The summed E-state index contributed by atoms with van der Waals surface area (Å²) >= 11 is 4.83. The van der Waals surface area contributed by atoms with E-state index in [2.05, 4.69) is 4.29 Å².